The minimum Gasteiger partial charge on any atom is -0.183 e. The van der Waals surface area contributed by atoms with Gasteiger partial charge in [-0.15, -0.1) is 0 Å². The Balaban J connectivity index is 0. The molecule has 0 saturated heterocycles. The van der Waals surface area contributed by atoms with Gasteiger partial charge in [0, 0.05) is 19.5 Å². The molecule has 0 unspecified atom stereocenters. The molecule has 0 amide bonds. The van der Waals surface area contributed by atoms with Gasteiger partial charge in [-0.25, -0.2) is 0 Å². The molecule has 0 saturated carbocycles. The van der Waals surface area contributed by atoms with Crippen LogP contribution in [0.15, 0.2) is 48.6 Å². The fourth-order valence-corrected chi connectivity index (χ4v) is 1.71. The molecule has 0 aromatic heterocycles. The standard InChI is InChI=1S/2C8H12.ClHO4.Rh/c2*1-2-4-6-8-7-5-3-1;2-1(3,4)5;/h2*1-2,7-8H,3-6H2;(H,2,3,4,5);/b2*2-1-,8-7?;;. The van der Waals surface area contributed by atoms with Crippen molar-refractivity contribution in [1.29, 1.82) is 0 Å². The molecular formula is C16H25ClO4Rh. The van der Waals surface area contributed by atoms with Gasteiger partial charge in [0.2, 0.25) is 0 Å². The van der Waals surface area contributed by atoms with Crippen molar-refractivity contribution in [2.45, 2.75) is 51.4 Å². The van der Waals surface area contributed by atoms with E-state index in [2.05, 4.69) is 48.6 Å². The Morgan fingerprint density at radius 2 is 0.591 bits per heavy atom. The van der Waals surface area contributed by atoms with E-state index in [1.54, 1.807) is 0 Å². The quantitative estimate of drug-likeness (QED) is 0.472. The molecule has 0 spiro atoms. The summed E-state index contributed by atoms with van der Waals surface area (Å²) in [5.41, 5.74) is 0. The summed E-state index contributed by atoms with van der Waals surface area (Å²) in [4.78, 5) is 0. The van der Waals surface area contributed by atoms with Gasteiger partial charge >= 0.3 is 0 Å². The van der Waals surface area contributed by atoms with Crippen molar-refractivity contribution in [2.75, 3.05) is 0 Å². The van der Waals surface area contributed by atoms with Gasteiger partial charge in [0.15, 0.2) is 0 Å². The molecule has 0 heterocycles. The van der Waals surface area contributed by atoms with Crippen molar-refractivity contribution in [2.24, 2.45) is 0 Å². The van der Waals surface area contributed by atoms with Crippen molar-refractivity contribution in [3.05, 3.63) is 48.6 Å². The average Bonchev–Trinajstić information content (AvgIpc) is 2.24. The molecule has 1 radical (unpaired) electrons. The molecule has 0 atom stereocenters. The molecule has 0 fully saturated rings. The molecule has 22 heavy (non-hydrogen) atoms. The fourth-order valence-electron chi connectivity index (χ4n) is 1.71. The topological polar surface area (TPSA) is 89.4 Å². The minimum atomic E-state index is -4.69. The molecule has 2 rings (SSSR count). The van der Waals surface area contributed by atoms with E-state index in [1.807, 2.05) is 0 Å². The molecule has 2 aliphatic rings. The number of allylic oxidation sites excluding steroid dienone is 8. The second-order valence-corrected chi connectivity index (χ2v) is 5.38. The zero-order valence-electron chi connectivity index (χ0n) is 12.7. The second-order valence-electron chi connectivity index (χ2n) is 4.59. The summed E-state index contributed by atoms with van der Waals surface area (Å²) in [5, 5.41) is 0. The van der Waals surface area contributed by atoms with Crippen molar-refractivity contribution in [3.63, 3.8) is 0 Å². The summed E-state index contributed by atoms with van der Waals surface area (Å²) in [6, 6.07) is 0. The van der Waals surface area contributed by atoms with Gasteiger partial charge in [-0.1, -0.05) is 48.6 Å². The van der Waals surface area contributed by atoms with Crippen LogP contribution in [0, 0.1) is 10.2 Å². The fraction of sp³-hybridized carbons (Fsp3) is 0.500. The van der Waals surface area contributed by atoms with Gasteiger partial charge in [0.25, 0.3) is 0 Å². The molecule has 0 aromatic carbocycles. The smallest absolute Gasteiger partial charge is 0.0777 e. The van der Waals surface area contributed by atoms with Crippen LogP contribution < -0.4 is 14.0 Å². The molecule has 1 N–H and O–H groups in total. The summed E-state index contributed by atoms with van der Waals surface area (Å²) < 4.78 is 32.7. The first-order chi connectivity index (χ1) is 10.0. The zero-order valence-corrected chi connectivity index (χ0v) is 15.1. The summed E-state index contributed by atoms with van der Waals surface area (Å²) in [7, 11) is -4.69. The molecule has 0 bridgehead atoms. The van der Waals surface area contributed by atoms with Gasteiger partial charge < -0.3 is 0 Å². The normalized spacial score (nSPS) is 20.2. The first-order valence-electron chi connectivity index (χ1n) is 7.23. The van der Waals surface area contributed by atoms with E-state index < -0.39 is 10.2 Å². The Morgan fingerprint density at radius 3 is 0.682 bits per heavy atom. The molecule has 6 heteroatoms. The summed E-state index contributed by atoms with van der Waals surface area (Å²) in [6.07, 6.45) is 28.0. The van der Waals surface area contributed by atoms with Crippen LogP contribution >= 0.6 is 0 Å². The van der Waals surface area contributed by atoms with Crippen LogP contribution in [-0.2, 0) is 19.5 Å². The van der Waals surface area contributed by atoms with Crippen LogP contribution in [0.1, 0.15) is 51.4 Å². The number of halogens is 1. The molecule has 0 aliphatic heterocycles. The van der Waals surface area contributed by atoms with Gasteiger partial charge in [-0.2, -0.15) is 14.0 Å². The maximum atomic E-state index is 8.60. The summed E-state index contributed by atoms with van der Waals surface area (Å²) in [6.45, 7) is 0. The number of rotatable bonds is 0. The molecule has 2 aliphatic carbocycles. The van der Waals surface area contributed by atoms with E-state index in [0.29, 0.717) is 0 Å². The Bertz CT molecular complexity index is 261. The summed E-state index contributed by atoms with van der Waals surface area (Å²) in [5.74, 6) is 0. The van der Waals surface area contributed by atoms with E-state index in [-0.39, 0.29) is 19.5 Å². The van der Waals surface area contributed by atoms with Gasteiger partial charge in [-0.05, 0) is 51.4 Å². The summed E-state index contributed by atoms with van der Waals surface area (Å²) >= 11 is 0. The van der Waals surface area contributed by atoms with E-state index in [9.17, 15) is 0 Å². The van der Waals surface area contributed by atoms with E-state index in [0.717, 1.165) is 0 Å². The van der Waals surface area contributed by atoms with Crippen LogP contribution in [0.5, 0.6) is 0 Å². The van der Waals surface area contributed by atoms with Crippen LogP contribution in [0.25, 0.3) is 0 Å². The minimum absolute atomic E-state index is 0. The van der Waals surface area contributed by atoms with Gasteiger partial charge in [0.1, 0.15) is 0 Å². The number of hydrogen-bond donors (Lipinski definition) is 1. The van der Waals surface area contributed by atoms with Crippen LogP contribution in [0.4, 0.5) is 0 Å². The Morgan fingerprint density at radius 1 is 0.500 bits per heavy atom. The SMILES string of the molecule is C1=CCC/C=C\CC1.C1=CCC/C=C\CC1.[O-][Cl+3]([O-])([O-])O.[Rh]. The largest absolute Gasteiger partial charge is 0.183 e. The van der Waals surface area contributed by atoms with E-state index in [1.165, 1.54) is 51.4 Å². The zero-order chi connectivity index (χ0) is 15.8. The van der Waals surface area contributed by atoms with Crippen molar-refractivity contribution in [1.82, 2.24) is 0 Å². The molecular weight excluding hydrogens is 395 g/mol. The van der Waals surface area contributed by atoms with Crippen LogP contribution in [0.3, 0.4) is 0 Å². The van der Waals surface area contributed by atoms with E-state index >= 15 is 0 Å². The molecule has 129 valence electrons. The first-order valence-corrected chi connectivity index (χ1v) is 8.50. The Kier molecular flexibility index (Phi) is 18.6. The maximum absolute atomic E-state index is 8.60. The third-order valence-corrected chi connectivity index (χ3v) is 2.67. The molecule has 4 nitrogen and oxygen atoms in total. The first kappa shape index (κ1) is 24.0. The predicted octanol–water partition coefficient (Wildman–Crippen LogP) is 1.22. The van der Waals surface area contributed by atoms with Crippen molar-refractivity contribution in [3.8, 4) is 0 Å². The third-order valence-electron chi connectivity index (χ3n) is 2.67. The van der Waals surface area contributed by atoms with Crippen LogP contribution in [0.2, 0.25) is 0 Å². The van der Waals surface area contributed by atoms with Crippen molar-refractivity contribution >= 4 is 0 Å². The monoisotopic (exact) mass is 419 g/mol. The Labute approximate surface area is 148 Å². The van der Waals surface area contributed by atoms with Crippen LogP contribution in [-0.4, -0.2) is 4.66 Å². The predicted molar refractivity (Wildman–Crippen MR) is 75.7 cm³/mol. The van der Waals surface area contributed by atoms with Gasteiger partial charge in [0.05, 0.1) is 14.9 Å². The van der Waals surface area contributed by atoms with Crippen molar-refractivity contribution < 1.29 is 48.4 Å². The number of hydrogen-bond acceptors (Lipinski definition) is 4. The maximum Gasteiger partial charge on any atom is 0.0777 e. The molecule has 0 aromatic rings. The second kappa shape index (κ2) is 17.1. The third kappa shape index (κ3) is 28.0. The van der Waals surface area contributed by atoms with Gasteiger partial charge in [-0.3, -0.25) is 0 Å². The average molecular weight is 420 g/mol. The van der Waals surface area contributed by atoms with E-state index in [4.69, 9.17) is 18.6 Å². The Hall–Kier alpha value is -0.287.